The zero-order valence-corrected chi connectivity index (χ0v) is 16.2. The number of amides is 1. The molecule has 1 aromatic heterocycles. The maximum absolute atomic E-state index is 12.0. The highest BCUT2D eigenvalue weighted by atomic mass is 16.6. The van der Waals surface area contributed by atoms with Crippen LogP contribution in [0.2, 0.25) is 0 Å². The molecule has 3 aromatic rings. The lowest BCUT2D eigenvalue weighted by molar-refractivity contribution is -0.150. The standard InChI is InChI=1S/C22H23NO5/c1-14-8-15(2)10-18(9-14)26-13-22(25)27-12-21(24)23-16(3)20-11-17-6-4-5-7-19(17)28-20/h4-11,16H,12-13H2,1-3H3,(H,23,24)/t16-/m1/s1. The van der Waals surface area contributed by atoms with Crippen LogP contribution in [0.3, 0.4) is 0 Å². The van der Waals surface area contributed by atoms with E-state index in [0.717, 1.165) is 22.1 Å². The maximum Gasteiger partial charge on any atom is 0.344 e. The van der Waals surface area contributed by atoms with E-state index in [4.69, 9.17) is 13.9 Å². The van der Waals surface area contributed by atoms with Crippen molar-refractivity contribution in [3.8, 4) is 5.75 Å². The quantitative estimate of drug-likeness (QED) is 0.629. The number of carbonyl (C=O) groups is 2. The van der Waals surface area contributed by atoms with Gasteiger partial charge in [0.1, 0.15) is 17.1 Å². The molecule has 6 heteroatoms. The van der Waals surface area contributed by atoms with Gasteiger partial charge in [-0.15, -0.1) is 0 Å². The Bertz CT molecular complexity index is 938. The summed E-state index contributed by atoms with van der Waals surface area (Å²) in [6, 6.07) is 14.8. The van der Waals surface area contributed by atoms with Crippen molar-refractivity contribution in [1.82, 2.24) is 5.32 Å². The van der Waals surface area contributed by atoms with Crippen LogP contribution in [-0.2, 0) is 14.3 Å². The number of rotatable bonds is 7. The second-order valence-electron chi connectivity index (χ2n) is 6.75. The normalized spacial score (nSPS) is 11.8. The number of ether oxygens (including phenoxy) is 2. The van der Waals surface area contributed by atoms with Crippen LogP contribution >= 0.6 is 0 Å². The lowest BCUT2D eigenvalue weighted by Gasteiger charge is -2.12. The Labute approximate surface area is 163 Å². The second kappa shape index (κ2) is 8.61. The Balaban J connectivity index is 1.44. The molecular formula is C22H23NO5. The zero-order chi connectivity index (χ0) is 20.1. The van der Waals surface area contributed by atoms with Crippen LogP contribution in [0.25, 0.3) is 11.0 Å². The van der Waals surface area contributed by atoms with E-state index < -0.39 is 11.9 Å². The summed E-state index contributed by atoms with van der Waals surface area (Å²) in [5, 5.41) is 3.72. The van der Waals surface area contributed by atoms with Gasteiger partial charge in [-0.2, -0.15) is 0 Å². The van der Waals surface area contributed by atoms with Crippen LogP contribution in [0.4, 0.5) is 0 Å². The molecule has 3 rings (SSSR count). The van der Waals surface area contributed by atoms with Crippen molar-refractivity contribution in [2.24, 2.45) is 0 Å². The molecule has 0 aliphatic rings. The maximum atomic E-state index is 12.0. The summed E-state index contributed by atoms with van der Waals surface area (Å²) >= 11 is 0. The molecule has 0 bridgehead atoms. The minimum atomic E-state index is -0.606. The van der Waals surface area contributed by atoms with E-state index >= 15 is 0 Å². The molecule has 146 valence electrons. The van der Waals surface area contributed by atoms with Gasteiger partial charge in [-0.1, -0.05) is 24.3 Å². The Morgan fingerprint density at radius 2 is 1.75 bits per heavy atom. The first-order valence-electron chi connectivity index (χ1n) is 9.05. The highest BCUT2D eigenvalue weighted by molar-refractivity contribution is 5.82. The summed E-state index contributed by atoms with van der Waals surface area (Å²) in [5.41, 5.74) is 2.85. The molecule has 1 heterocycles. The number of benzene rings is 2. The third-order valence-corrected chi connectivity index (χ3v) is 4.16. The molecule has 0 unspecified atom stereocenters. The summed E-state index contributed by atoms with van der Waals surface area (Å²) in [7, 11) is 0. The van der Waals surface area contributed by atoms with Gasteiger partial charge in [0.25, 0.3) is 5.91 Å². The van der Waals surface area contributed by atoms with Gasteiger partial charge in [-0.3, -0.25) is 4.79 Å². The molecule has 0 aliphatic carbocycles. The van der Waals surface area contributed by atoms with E-state index in [9.17, 15) is 9.59 Å². The van der Waals surface area contributed by atoms with Crippen LogP contribution in [0.5, 0.6) is 5.75 Å². The molecule has 0 saturated carbocycles. The van der Waals surface area contributed by atoms with E-state index in [1.165, 1.54) is 0 Å². The van der Waals surface area contributed by atoms with Crippen LogP contribution in [0.15, 0.2) is 52.9 Å². The summed E-state index contributed by atoms with van der Waals surface area (Å²) in [6.07, 6.45) is 0. The van der Waals surface area contributed by atoms with Crippen LogP contribution in [-0.4, -0.2) is 25.1 Å². The van der Waals surface area contributed by atoms with E-state index in [1.54, 1.807) is 6.92 Å². The predicted molar refractivity (Wildman–Crippen MR) is 105 cm³/mol. The van der Waals surface area contributed by atoms with Crippen molar-refractivity contribution >= 4 is 22.8 Å². The smallest absolute Gasteiger partial charge is 0.344 e. The number of hydrogen-bond acceptors (Lipinski definition) is 5. The van der Waals surface area contributed by atoms with Gasteiger partial charge in [0.15, 0.2) is 13.2 Å². The Kier molecular flexibility index (Phi) is 5.99. The molecule has 1 N–H and O–H groups in total. The van der Waals surface area contributed by atoms with Gasteiger partial charge in [-0.25, -0.2) is 4.79 Å². The molecule has 0 fully saturated rings. The van der Waals surface area contributed by atoms with Crippen LogP contribution < -0.4 is 10.1 Å². The molecule has 0 radical (unpaired) electrons. The van der Waals surface area contributed by atoms with Crippen molar-refractivity contribution in [2.75, 3.05) is 13.2 Å². The topological polar surface area (TPSA) is 77.8 Å². The van der Waals surface area contributed by atoms with Crippen LogP contribution in [0, 0.1) is 13.8 Å². The fourth-order valence-electron chi connectivity index (χ4n) is 2.92. The number of aryl methyl sites for hydroxylation is 2. The molecular weight excluding hydrogens is 358 g/mol. The third-order valence-electron chi connectivity index (χ3n) is 4.16. The second-order valence-corrected chi connectivity index (χ2v) is 6.75. The number of para-hydroxylation sites is 1. The first kappa shape index (κ1) is 19.5. The lowest BCUT2D eigenvalue weighted by atomic mass is 10.1. The van der Waals surface area contributed by atoms with Gasteiger partial charge >= 0.3 is 5.97 Å². The van der Waals surface area contributed by atoms with Crippen molar-refractivity contribution < 1.29 is 23.5 Å². The predicted octanol–water partition coefficient (Wildman–Crippen LogP) is 3.85. The van der Waals surface area contributed by atoms with E-state index in [2.05, 4.69) is 5.32 Å². The molecule has 0 aliphatic heterocycles. The van der Waals surface area contributed by atoms with Crippen molar-refractivity contribution in [2.45, 2.75) is 26.8 Å². The monoisotopic (exact) mass is 381 g/mol. The fourth-order valence-corrected chi connectivity index (χ4v) is 2.92. The molecule has 0 spiro atoms. The number of esters is 1. The van der Waals surface area contributed by atoms with Crippen LogP contribution in [0.1, 0.15) is 29.9 Å². The molecule has 1 atom stereocenters. The average molecular weight is 381 g/mol. The number of hydrogen-bond donors (Lipinski definition) is 1. The molecule has 28 heavy (non-hydrogen) atoms. The zero-order valence-electron chi connectivity index (χ0n) is 16.2. The fraction of sp³-hybridized carbons (Fsp3) is 0.273. The van der Waals surface area contributed by atoms with Crippen molar-refractivity contribution in [1.29, 1.82) is 0 Å². The van der Waals surface area contributed by atoms with E-state index in [0.29, 0.717) is 11.5 Å². The number of fused-ring (bicyclic) bond motifs is 1. The average Bonchev–Trinajstić information content (AvgIpc) is 3.08. The number of carbonyl (C=O) groups excluding carboxylic acids is 2. The summed E-state index contributed by atoms with van der Waals surface area (Å²) in [5.74, 6) is 0.217. The Morgan fingerprint density at radius 3 is 2.46 bits per heavy atom. The van der Waals surface area contributed by atoms with Gasteiger partial charge < -0.3 is 19.2 Å². The molecule has 2 aromatic carbocycles. The SMILES string of the molecule is Cc1cc(C)cc(OCC(=O)OCC(=O)N[C@H](C)c2cc3ccccc3o2)c1. The molecule has 0 saturated heterocycles. The Hall–Kier alpha value is -3.28. The lowest BCUT2D eigenvalue weighted by Crippen LogP contribution is -2.31. The largest absolute Gasteiger partial charge is 0.482 e. The number of furan rings is 1. The first-order valence-corrected chi connectivity index (χ1v) is 9.05. The number of nitrogens with one attached hydrogen (secondary N) is 1. The van der Waals surface area contributed by atoms with Gasteiger partial charge in [0.2, 0.25) is 0 Å². The highest BCUT2D eigenvalue weighted by Gasteiger charge is 2.15. The third kappa shape index (κ3) is 5.13. The minimum absolute atomic E-state index is 0.255. The van der Waals surface area contributed by atoms with Gasteiger partial charge in [0.05, 0.1) is 6.04 Å². The van der Waals surface area contributed by atoms with Crippen molar-refractivity contribution in [3.05, 3.63) is 65.4 Å². The van der Waals surface area contributed by atoms with Gasteiger partial charge in [-0.05, 0) is 56.2 Å². The van der Waals surface area contributed by atoms with E-state index in [-0.39, 0.29) is 19.3 Å². The summed E-state index contributed by atoms with van der Waals surface area (Å²) in [6.45, 7) is 5.08. The van der Waals surface area contributed by atoms with Crippen molar-refractivity contribution in [3.63, 3.8) is 0 Å². The van der Waals surface area contributed by atoms with Gasteiger partial charge in [0, 0.05) is 5.39 Å². The molecule has 1 amide bonds. The summed E-state index contributed by atoms with van der Waals surface area (Å²) in [4.78, 5) is 23.9. The Morgan fingerprint density at radius 1 is 1.04 bits per heavy atom. The first-order chi connectivity index (χ1) is 13.4. The minimum Gasteiger partial charge on any atom is -0.482 e. The van der Waals surface area contributed by atoms with E-state index in [1.807, 2.05) is 62.4 Å². The summed E-state index contributed by atoms with van der Waals surface area (Å²) < 4.78 is 16.1. The highest BCUT2D eigenvalue weighted by Crippen LogP contribution is 2.23. The molecule has 6 nitrogen and oxygen atoms in total.